The molecule has 0 aliphatic heterocycles. The Bertz CT molecular complexity index is 975. The van der Waals surface area contributed by atoms with E-state index < -0.39 is 0 Å². The van der Waals surface area contributed by atoms with Crippen molar-refractivity contribution in [1.82, 2.24) is 20.3 Å². The molecule has 140 valence electrons. The van der Waals surface area contributed by atoms with E-state index in [1.54, 1.807) is 23.0 Å². The zero-order valence-corrected chi connectivity index (χ0v) is 15.3. The Hall–Kier alpha value is -2.96. The number of benzene rings is 1. The number of aromatic nitrogens is 3. The number of carbonyl (C=O) groups is 1. The van der Waals surface area contributed by atoms with Crippen molar-refractivity contribution in [3.05, 3.63) is 64.6 Å². The van der Waals surface area contributed by atoms with Crippen molar-refractivity contribution in [3.8, 4) is 5.69 Å². The first-order chi connectivity index (χ1) is 13.0. The third-order valence-corrected chi connectivity index (χ3v) is 5.10. The van der Waals surface area contributed by atoms with Gasteiger partial charge in [0.1, 0.15) is 5.82 Å². The van der Waals surface area contributed by atoms with Crippen molar-refractivity contribution in [2.24, 2.45) is 0 Å². The average molecular weight is 368 g/mol. The van der Waals surface area contributed by atoms with Crippen molar-refractivity contribution < 1.29 is 13.7 Å². The Morgan fingerprint density at radius 2 is 2.00 bits per heavy atom. The van der Waals surface area contributed by atoms with Gasteiger partial charge in [-0.05, 0) is 63.8 Å². The van der Waals surface area contributed by atoms with Crippen LogP contribution in [0.15, 0.2) is 35.0 Å². The van der Waals surface area contributed by atoms with Crippen molar-refractivity contribution in [2.75, 3.05) is 0 Å². The summed E-state index contributed by atoms with van der Waals surface area (Å²) in [5, 5.41) is 11.4. The lowest BCUT2D eigenvalue weighted by Crippen LogP contribution is -2.27. The molecule has 0 fully saturated rings. The van der Waals surface area contributed by atoms with Gasteiger partial charge in [0.25, 0.3) is 5.91 Å². The zero-order valence-electron chi connectivity index (χ0n) is 15.3. The second-order valence-corrected chi connectivity index (χ2v) is 6.91. The molecule has 1 unspecified atom stereocenters. The van der Waals surface area contributed by atoms with Crippen LogP contribution >= 0.6 is 0 Å². The van der Waals surface area contributed by atoms with Gasteiger partial charge in [0.2, 0.25) is 5.76 Å². The van der Waals surface area contributed by atoms with Crippen molar-refractivity contribution >= 4 is 5.91 Å². The van der Waals surface area contributed by atoms with Gasteiger partial charge in [-0.3, -0.25) is 4.79 Å². The van der Waals surface area contributed by atoms with Gasteiger partial charge < -0.3 is 9.84 Å². The summed E-state index contributed by atoms with van der Waals surface area (Å²) in [6, 6.07) is 5.88. The molecule has 7 heteroatoms. The van der Waals surface area contributed by atoms with E-state index in [1.807, 2.05) is 13.8 Å². The van der Waals surface area contributed by atoms with Gasteiger partial charge in [-0.25, -0.2) is 9.07 Å². The molecule has 27 heavy (non-hydrogen) atoms. The van der Waals surface area contributed by atoms with Gasteiger partial charge in [-0.2, -0.15) is 5.10 Å². The molecule has 0 spiro atoms. The Kier molecular flexibility index (Phi) is 4.51. The van der Waals surface area contributed by atoms with Crippen molar-refractivity contribution in [2.45, 2.75) is 45.6 Å². The summed E-state index contributed by atoms with van der Waals surface area (Å²) < 4.78 is 20.2. The average Bonchev–Trinajstić information content (AvgIpc) is 3.26. The molecule has 2 heterocycles. The molecule has 0 bridgehead atoms. The number of amides is 1. The van der Waals surface area contributed by atoms with Crippen molar-refractivity contribution in [1.29, 1.82) is 0 Å². The number of fused-ring (bicyclic) bond motifs is 1. The van der Waals surface area contributed by atoms with Gasteiger partial charge in [0, 0.05) is 16.8 Å². The molecule has 0 radical (unpaired) electrons. The molecule has 0 saturated heterocycles. The molecule has 6 nitrogen and oxygen atoms in total. The van der Waals surface area contributed by atoms with Gasteiger partial charge in [-0.15, -0.1) is 0 Å². The first kappa shape index (κ1) is 17.5. The summed E-state index contributed by atoms with van der Waals surface area (Å²) >= 11 is 0. The Morgan fingerprint density at radius 3 is 2.78 bits per heavy atom. The van der Waals surface area contributed by atoms with E-state index in [2.05, 4.69) is 15.6 Å². The largest absolute Gasteiger partial charge is 0.350 e. The van der Waals surface area contributed by atoms with Crippen LogP contribution in [0.2, 0.25) is 0 Å². The minimum absolute atomic E-state index is 0.254. The highest BCUT2D eigenvalue weighted by Crippen LogP contribution is 2.25. The number of hydrogen-bond donors (Lipinski definition) is 1. The lowest BCUT2D eigenvalue weighted by molar-refractivity contribution is 0.0901. The number of carbonyl (C=O) groups excluding carboxylic acids is 1. The molecule has 0 saturated carbocycles. The molecule has 3 aromatic rings. The predicted octanol–water partition coefficient (Wildman–Crippen LogP) is 3.68. The highest BCUT2D eigenvalue weighted by Gasteiger charge is 2.26. The second-order valence-electron chi connectivity index (χ2n) is 6.91. The lowest BCUT2D eigenvalue weighted by atomic mass is 9.96. The van der Waals surface area contributed by atoms with Gasteiger partial charge in [0.05, 0.1) is 23.6 Å². The van der Waals surface area contributed by atoms with E-state index in [4.69, 9.17) is 4.52 Å². The maximum Gasteiger partial charge on any atom is 0.290 e. The van der Waals surface area contributed by atoms with Gasteiger partial charge in [-0.1, -0.05) is 5.16 Å². The number of hydrogen-bond acceptors (Lipinski definition) is 4. The molecule has 1 aliphatic rings. The van der Waals surface area contributed by atoms with Crippen LogP contribution in [0, 0.1) is 12.7 Å². The standard InChI is InChI=1S/C20H21FN4O2/c1-12(23-20(26)19-16-5-3-4-6-18(16)24-27-19)17-11-22-25(13(17)2)15-9-7-14(21)8-10-15/h7-12H,3-6H2,1-2H3,(H,23,26). The van der Waals surface area contributed by atoms with Gasteiger partial charge >= 0.3 is 0 Å². The third-order valence-electron chi connectivity index (χ3n) is 5.10. The number of halogens is 1. The molecule has 1 atom stereocenters. The molecular formula is C20H21FN4O2. The van der Waals surface area contributed by atoms with Crippen LogP contribution in [0.3, 0.4) is 0 Å². The smallest absolute Gasteiger partial charge is 0.290 e. The number of rotatable bonds is 4. The van der Waals surface area contributed by atoms with E-state index in [9.17, 15) is 9.18 Å². The minimum Gasteiger partial charge on any atom is -0.350 e. The number of nitrogens with one attached hydrogen (secondary N) is 1. The SMILES string of the molecule is Cc1c(C(C)NC(=O)c2onc3c2CCCC3)cnn1-c1ccc(F)cc1. The maximum atomic E-state index is 13.1. The van der Waals surface area contributed by atoms with Crippen LogP contribution in [0.1, 0.15) is 58.9 Å². The second kappa shape index (κ2) is 6.98. The fraction of sp³-hybridized carbons (Fsp3) is 0.350. The van der Waals surface area contributed by atoms with E-state index in [-0.39, 0.29) is 17.8 Å². The maximum absolute atomic E-state index is 13.1. The van der Waals surface area contributed by atoms with Crippen LogP contribution in [0.5, 0.6) is 0 Å². The summed E-state index contributed by atoms with van der Waals surface area (Å²) in [4.78, 5) is 12.7. The molecule has 2 aromatic heterocycles. The molecule has 1 aliphatic carbocycles. The summed E-state index contributed by atoms with van der Waals surface area (Å²) in [5.41, 5.74) is 4.38. The summed E-state index contributed by atoms with van der Waals surface area (Å²) in [7, 11) is 0. The number of aryl methyl sites for hydroxylation is 1. The first-order valence-electron chi connectivity index (χ1n) is 9.13. The zero-order chi connectivity index (χ0) is 19.0. The molecule has 1 amide bonds. The highest BCUT2D eigenvalue weighted by atomic mass is 19.1. The van der Waals surface area contributed by atoms with Crippen molar-refractivity contribution in [3.63, 3.8) is 0 Å². The van der Waals surface area contributed by atoms with E-state index >= 15 is 0 Å². The predicted molar refractivity (Wildman–Crippen MR) is 97.3 cm³/mol. The fourth-order valence-electron chi connectivity index (χ4n) is 3.60. The molecular weight excluding hydrogens is 347 g/mol. The van der Waals surface area contributed by atoms with Gasteiger partial charge in [0.15, 0.2) is 0 Å². The van der Waals surface area contributed by atoms with Crippen LogP contribution in [-0.2, 0) is 12.8 Å². The van der Waals surface area contributed by atoms with Crippen LogP contribution in [0.25, 0.3) is 5.69 Å². The number of nitrogens with zero attached hydrogens (tertiary/aromatic N) is 3. The fourth-order valence-corrected chi connectivity index (χ4v) is 3.60. The normalized spacial score (nSPS) is 14.6. The van der Waals surface area contributed by atoms with E-state index in [0.717, 1.165) is 53.9 Å². The van der Waals surface area contributed by atoms with Crippen LogP contribution in [-0.4, -0.2) is 20.8 Å². The molecule has 1 N–H and O–H groups in total. The van der Waals surface area contributed by atoms with E-state index in [0.29, 0.717) is 5.76 Å². The quantitative estimate of drug-likeness (QED) is 0.762. The third kappa shape index (κ3) is 3.25. The van der Waals surface area contributed by atoms with Crippen LogP contribution in [0.4, 0.5) is 4.39 Å². The monoisotopic (exact) mass is 368 g/mol. The minimum atomic E-state index is -0.292. The lowest BCUT2D eigenvalue weighted by Gasteiger charge is -2.14. The summed E-state index contributed by atoms with van der Waals surface area (Å²) in [5.74, 6) is -0.230. The highest BCUT2D eigenvalue weighted by molar-refractivity contribution is 5.93. The topological polar surface area (TPSA) is 73.0 Å². The summed E-state index contributed by atoms with van der Waals surface area (Å²) in [6.07, 6.45) is 5.55. The molecule has 1 aromatic carbocycles. The molecule has 4 rings (SSSR count). The first-order valence-corrected chi connectivity index (χ1v) is 9.13. The van der Waals surface area contributed by atoms with E-state index in [1.165, 1.54) is 12.1 Å². The Balaban J connectivity index is 1.53. The summed E-state index contributed by atoms with van der Waals surface area (Å²) in [6.45, 7) is 3.82. The Labute approximate surface area is 156 Å². The van der Waals surface area contributed by atoms with Crippen LogP contribution < -0.4 is 5.32 Å². The Morgan fingerprint density at radius 1 is 1.26 bits per heavy atom.